The Hall–Kier alpha value is -1.19. The topological polar surface area (TPSA) is 88.2 Å². The van der Waals surface area contributed by atoms with Gasteiger partial charge >= 0.3 is 0 Å². The molecule has 1 fully saturated rings. The number of nitrogens with one attached hydrogen (secondary N) is 2. The fraction of sp³-hybridized carbons (Fsp3) is 0.375. The molecule has 1 saturated heterocycles. The molecule has 26 heavy (non-hydrogen) atoms. The van der Waals surface area contributed by atoms with E-state index in [1.54, 1.807) is 17.5 Å². The van der Waals surface area contributed by atoms with Gasteiger partial charge in [-0.1, -0.05) is 23.7 Å². The average molecular weight is 436 g/mol. The highest BCUT2D eigenvalue weighted by Crippen LogP contribution is 2.31. The SMILES string of the molecule is CS(=O)(=O)C1(C(=O)Nc2nc(-c3cccc(Cl)c3)cs2)CCNCC1.Cl. The van der Waals surface area contributed by atoms with Crippen molar-refractivity contribution < 1.29 is 13.2 Å². The second-order valence-corrected chi connectivity index (χ2v) is 9.64. The quantitative estimate of drug-likeness (QED) is 0.770. The standard InChI is InChI=1S/C16H18ClN3O3S2.ClH/c1-25(22,23)16(5-7-18-8-6-16)14(21)20-15-19-13(10-24-15)11-3-2-4-12(17)9-11;/h2-4,9-10,18H,5-8H2,1H3,(H,19,20,21);1H. The lowest BCUT2D eigenvalue weighted by atomic mass is 9.96. The molecule has 0 aliphatic carbocycles. The van der Waals surface area contributed by atoms with Gasteiger partial charge in [-0.2, -0.15) is 0 Å². The van der Waals surface area contributed by atoms with Crippen LogP contribution in [0.15, 0.2) is 29.6 Å². The number of sulfone groups is 1. The molecule has 1 aromatic heterocycles. The third kappa shape index (κ3) is 4.20. The number of carbonyl (C=O) groups excluding carboxylic acids is 1. The first-order valence-corrected chi connectivity index (χ1v) is 10.9. The summed E-state index contributed by atoms with van der Waals surface area (Å²) in [7, 11) is -3.55. The number of aromatic nitrogens is 1. The second-order valence-electron chi connectivity index (χ2n) is 6.02. The van der Waals surface area contributed by atoms with E-state index in [4.69, 9.17) is 11.6 Å². The molecule has 1 amide bonds. The maximum absolute atomic E-state index is 12.8. The van der Waals surface area contributed by atoms with Crippen molar-refractivity contribution in [2.75, 3.05) is 24.7 Å². The molecule has 0 radical (unpaired) electrons. The van der Waals surface area contributed by atoms with Gasteiger partial charge in [0.25, 0.3) is 0 Å². The van der Waals surface area contributed by atoms with Crippen molar-refractivity contribution in [1.82, 2.24) is 10.3 Å². The number of hydrogen-bond donors (Lipinski definition) is 2. The van der Waals surface area contributed by atoms with Gasteiger partial charge in [-0.05, 0) is 38.1 Å². The Labute approximate surface area is 167 Å². The number of anilines is 1. The van der Waals surface area contributed by atoms with Crippen LogP contribution in [0.1, 0.15) is 12.8 Å². The zero-order chi connectivity index (χ0) is 18.1. The van der Waals surface area contributed by atoms with Crippen LogP contribution in [-0.2, 0) is 14.6 Å². The highest BCUT2D eigenvalue weighted by Gasteiger charge is 2.48. The van der Waals surface area contributed by atoms with Gasteiger partial charge in [0.2, 0.25) is 5.91 Å². The van der Waals surface area contributed by atoms with Gasteiger partial charge in [-0.15, -0.1) is 23.7 Å². The van der Waals surface area contributed by atoms with Crippen molar-refractivity contribution in [3.63, 3.8) is 0 Å². The van der Waals surface area contributed by atoms with E-state index in [2.05, 4.69) is 15.6 Å². The summed E-state index contributed by atoms with van der Waals surface area (Å²) in [6.45, 7) is 0.984. The van der Waals surface area contributed by atoms with Crippen molar-refractivity contribution in [2.45, 2.75) is 17.6 Å². The summed E-state index contributed by atoms with van der Waals surface area (Å²) in [4.78, 5) is 17.2. The number of carbonyl (C=O) groups is 1. The summed E-state index contributed by atoms with van der Waals surface area (Å²) in [5, 5.41) is 8.56. The summed E-state index contributed by atoms with van der Waals surface area (Å²) in [6, 6.07) is 7.25. The summed E-state index contributed by atoms with van der Waals surface area (Å²) in [6.07, 6.45) is 1.63. The molecule has 0 unspecified atom stereocenters. The Kier molecular flexibility index (Phi) is 6.68. The van der Waals surface area contributed by atoms with Gasteiger partial charge in [0.15, 0.2) is 19.7 Å². The molecule has 10 heteroatoms. The van der Waals surface area contributed by atoms with E-state index in [0.29, 0.717) is 28.9 Å². The first-order chi connectivity index (χ1) is 11.8. The van der Waals surface area contributed by atoms with Crippen molar-refractivity contribution in [2.24, 2.45) is 0 Å². The van der Waals surface area contributed by atoms with Crippen LogP contribution < -0.4 is 10.6 Å². The molecule has 0 saturated carbocycles. The summed E-state index contributed by atoms with van der Waals surface area (Å²) < 4.78 is 23.2. The number of rotatable bonds is 4. The molecule has 1 aromatic carbocycles. The highest BCUT2D eigenvalue weighted by molar-refractivity contribution is 7.92. The van der Waals surface area contributed by atoms with Gasteiger partial charge in [-0.25, -0.2) is 13.4 Å². The first kappa shape index (κ1) is 21.1. The molecule has 0 spiro atoms. The molecule has 0 atom stereocenters. The van der Waals surface area contributed by atoms with E-state index < -0.39 is 20.5 Å². The zero-order valence-corrected chi connectivity index (χ0v) is 17.2. The van der Waals surface area contributed by atoms with Gasteiger partial charge in [0, 0.05) is 22.2 Å². The van der Waals surface area contributed by atoms with Crippen LogP contribution in [0.25, 0.3) is 11.3 Å². The van der Waals surface area contributed by atoms with Gasteiger partial charge in [-0.3, -0.25) is 4.79 Å². The normalized spacial score (nSPS) is 16.5. The Morgan fingerprint density at radius 3 is 2.65 bits per heavy atom. The largest absolute Gasteiger partial charge is 0.317 e. The van der Waals surface area contributed by atoms with E-state index in [1.165, 1.54) is 11.3 Å². The van der Waals surface area contributed by atoms with Crippen LogP contribution in [0.5, 0.6) is 0 Å². The number of piperidine rings is 1. The van der Waals surface area contributed by atoms with Crippen LogP contribution in [0, 0.1) is 0 Å². The monoisotopic (exact) mass is 435 g/mol. The first-order valence-electron chi connectivity index (χ1n) is 7.75. The summed E-state index contributed by atoms with van der Waals surface area (Å²) in [5.74, 6) is -0.511. The maximum atomic E-state index is 12.8. The molecule has 1 aliphatic heterocycles. The molecular weight excluding hydrogens is 417 g/mol. The van der Waals surface area contributed by atoms with Crippen LogP contribution in [0.3, 0.4) is 0 Å². The fourth-order valence-corrected chi connectivity index (χ4v) is 5.16. The minimum absolute atomic E-state index is 0. The lowest BCUT2D eigenvalue weighted by molar-refractivity contribution is -0.119. The van der Waals surface area contributed by atoms with Gasteiger partial charge in [0.05, 0.1) is 5.69 Å². The van der Waals surface area contributed by atoms with Gasteiger partial charge in [0.1, 0.15) is 0 Å². The summed E-state index contributed by atoms with van der Waals surface area (Å²) in [5.41, 5.74) is 1.52. The van der Waals surface area contributed by atoms with E-state index in [9.17, 15) is 13.2 Å². The van der Waals surface area contributed by atoms with E-state index >= 15 is 0 Å². The van der Waals surface area contributed by atoms with Crippen LogP contribution in [0.2, 0.25) is 5.02 Å². The molecule has 6 nitrogen and oxygen atoms in total. The number of nitrogens with zero attached hydrogens (tertiary/aromatic N) is 1. The van der Waals surface area contributed by atoms with E-state index in [0.717, 1.165) is 11.8 Å². The second kappa shape index (κ2) is 8.22. The predicted molar refractivity (Wildman–Crippen MR) is 108 cm³/mol. The van der Waals surface area contributed by atoms with Crippen molar-refractivity contribution in [3.05, 3.63) is 34.7 Å². The van der Waals surface area contributed by atoms with Crippen LogP contribution in [-0.4, -0.2) is 43.4 Å². The zero-order valence-electron chi connectivity index (χ0n) is 14.0. The molecule has 2 heterocycles. The maximum Gasteiger partial charge on any atom is 0.247 e. The number of halogens is 2. The molecule has 1 aliphatic rings. The number of amides is 1. The van der Waals surface area contributed by atoms with Crippen LogP contribution >= 0.6 is 35.3 Å². The molecule has 0 bridgehead atoms. The average Bonchev–Trinajstić information content (AvgIpc) is 3.03. The van der Waals surface area contributed by atoms with E-state index in [1.807, 2.05) is 12.1 Å². The number of thiazole rings is 1. The summed E-state index contributed by atoms with van der Waals surface area (Å²) >= 11 is 7.24. The smallest absolute Gasteiger partial charge is 0.247 e. The molecule has 2 aromatic rings. The minimum atomic E-state index is -3.55. The van der Waals surface area contributed by atoms with Gasteiger partial charge < -0.3 is 10.6 Å². The third-order valence-electron chi connectivity index (χ3n) is 4.38. The predicted octanol–water partition coefficient (Wildman–Crippen LogP) is 2.99. The van der Waals surface area contributed by atoms with Crippen molar-refractivity contribution >= 4 is 56.2 Å². The Balaban J connectivity index is 0.00000243. The van der Waals surface area contributed by atoms with E-state index in [-0.39, 0.29) is 25.2 Å². The van der Waals surface area contributed by atoms with Crippen molar-refractivity contribution in [3.8, 4) is 11.3 Å². The Morgan fingerprint density at radius 1 is 1.35 bits per heavy atom. The minimum Gasteiger partial charge on any atom is -0.317 e. The molecule has 2 N–H and O–H groups in total. The third-order valence-corrected chi connectivity index (χ3v) is 7.39. The Morgan fingerprint density at radius 2 is 2.04 bits per heavy atom. The molecule has 3 rings (SSSR count). The molecular formula is C16H19Cl2N3O3S2. The van der Waals surface area contributed by atoms with Crippen molar-refractivity contribution in [1.29, 1.82) is 0 Å². The fourth-order valence-electron chi connectivity index (χ4n) is 2.92. The number of hydrogen-bond acceptors (Lipinski definition) is 6. The molecule has 142 valence electrons. The Bertz CT molecular complexity index is 894. The van der Waals surface area contributed by atoms with Crippen LogP contribution in [0.4, 0.5) is 5.13 Å². The highest BCUT2D eigenvalue weighted by atomic mass is 35.5. The number of benzene rings is 1. The lowest BCUT2D eigenvalue weighted by Crippen LogP contribution is -2.55. The lowest BCUT2D eigenvalue weighted by Gasteiger charge is -2.33.